The fourth-order valence-electron chi connectivity index (χ4n) is 2.86. The molecule has 124 valence electrons. The first-order valence-electron chi connectivity index (χ1n) is 7.90. The normalized spacial score (nSPS) is 13.6. The molecule has 2 aromatic carbocycles. The van der Waals surface area contributed by atoms with Gasteiger partial charge in [0.2, 0.25) is 0 Å². The number of H-pyrrole nitrogens is 1. The van der Waals surface area contributed by atoms with E-state index in [0.29, 0.717) is 12.4 Å². The average molecular weight is 387 g/mol. The van der Waals surface area contributed by atoms with E-state index in [1.54, 1.807) is 0 Å². The van der Waals surface area contributed by atoms with Gasteiger partial charge in [-0.05, 0) is 36.6 Å². The Kier molecular flexibility index (Phi) is 5.37. The van der Waals surface area contributed by atoms with E-state index < -0.39 is 0 Å². The molecule has 1 N–H and O–H groups in total. The lowest BCUT2D eigenvalue weighted by Crippen LogP contribution is -2.21. The first-order chi connectivity index (χ1) is 11.7. The number of ether oxygens (including phenoxy) is 1. The molecule has 0 amide bonds. The Balaban J connectivity index is 1.94. The van der Waals surface area contributed by atoms with E-state index in [2.05, 4.69) is 66.9 Å². The molecule has 2 atom stereocenters. The Bertz CT molecular complexity index is 774. The number of nitrogens with zero attached hydrogens (tertiary/aromatic N) is 3. The van der Waals surface area contributed by atoms with E-state index in [1.165, 1.54) is 0 Å². The number of aromatic amines is 1. The first kappa shape index (κ1) is 16.8. The monoisotopic (exact) mass is 386 g/mol. The molecule has 0 spiro atoms. The van der Waals surface area contributed by atoms with Crippen molar-refractivity contribution in [3.63, 3.8) is 0 Å². The summed E-state index contributed by atoms with van der Waals surface area (Å²) in [6.45, 7) is 4.66. The number of hydrogen-bond acceptors (Lipinski definition) is 4. The molecule has 0 aliphatic carbocycles. The molecule has 5 nitrogen and oxygen atoms in total. The summed E-state index contributed by atoms with van der Waals surface area (Å²) in [7, 11) is 0. The maximum Gasteiger partial charge on any atom is 0.184 e. The zero-order valence-electron chi connectivity index (χ0n) is 13.6. The van der Waals surface area contributed by atoms with Crippen LogP contribution in [0.1, 0.15) is 31.2 Å². The van der Waals surface area contributed by atoms with Crippen molar-refractivity contribution < 1.29 is 4.74 Å². The van der Waals surface area contributed by atoms with Gasteiger partial charge >= 0.3 is 0 Å². The third-order valence-corrected chi connectivity index (χ3v) is 4.69. The highest BCUT2D eigenvalue weighted by Crippen LogP contribution is 2.31. The Morgan fingerprint density at radius 3 is 2.50 bits per heavy atom. The number of benzene rings is 2. The van der Waals surface area contributed by atoms with E-state index in [0.717, 1.165) is 21.2 Å². The Hall–Kier alpha value is -2.05. The van der Waals surface area contributed by atoms with Crippen molar-refractivity contribution in [2.75, 3.05) is 6.61 Å². The lowest BCUT2D eigenvalue weighted by atomic mass is 9.91. The molecule has 1 heterocycles. The quantitative estimate of drug-likeness (QED) is 0.689. The summed E-state index contributed by atoms with van der Waals surface area (Å²) < 4.78 is 6.87. The van der Waals surface area contributed by atoms with Gasteiger partial charge < -0.3 is 4.74 Å². The van der Waals surface area contributed by atoms with Crippen molar-refractivity contribution >= 4 is 15.9 Å². The zero-order chi connectivity index (χ0) is 16.9. The molecule has 0 saturated carbocycles. The third kappa shape index (κ3) is 3.55. The fourth-order valence-corrected chi connectivity index (χ4v) is 3.37. The Morgan fingerprint density at radius 1 is 1.12 bits per heavy atom. The standard InChI is InChI=1S/C18H19BrN4O/c1-3-24-12(2)17(18-20-22-23-21-18)14-10-8-13(9-11-14)15-6-4-5-7-16(15)19/h4-12,17H,3H2,1-2H3,(H,20,21,22,23). The second-order valence-corrected chi connectivity index (χ2v) is 6.36. The molecule has 0 radical (unpaired) electrons. The minimum atomic E-state index is -0.0584. The molecule has 0 fully saturated rings. The van der Waals surface area contributed by atoms with Crippen molar-refractivity contribution in [3.05, 3.63) is 64.4 Å². The summed E-state index contributed by atoms with van der Waals surface area (Å²) >= 11 is 3.60. The molecular formula is C18H19BrN4O. The van der Waals surface area contributed by atoms with Crippen LogP contribution in [0, 0.1) is 0 Å². The zero-order valence-corrected chi connectivity index (χ0v) is 15.2. The Labute approximate surface area is 149 Å². The summed E-state index contributed by atoms with van der Waals surface area (Å²) in [5.41, 5.74) is 3.42. The van der Waals surface area contributed by atoms with E-state index >= 15 is 0 Å². The third-order valence-electron chi connectivity index (χ3n) is 3.99. The average Bonchev–Trinajstić information content (AvgIpc) is 3.11. The van der Waals surface area contributed by atoms with Gasteiger partial charge in [-0.2, -0.15) is 5.21 Å². The smallest absolute Gasteiger partial charge is 0.184 e. The molecule has 2 unspecified atom stereocenters. The lowest BCUT2D eigenvalue weighted by Gasteiger charge is -2.21. The predicted octanol–water partition coefficient (Wildman–Crippen LogP) is 4.19. The van der Waals surface area contributed by atoms with Gasteiger partial charge in [-0.3, -0.25) is 0 Å². The summed E-state index contributed by atoms with van der Waals surface area (Å²) in [5, 5.41) is 14.5. The van der Waals surface area contributed by atoms with Gasteiger partial charge in [-0.1, -0.05) is 63.6 Å². The SMILES string of the molecule is CCOC(C)C(c1ccc(-c2ccccc2Br)cc1)c1nn[nH]n1. The van der Waals surface area contributed by atoms with Crippen LogP contribution in [-0.2, 0) is 4.74 Å². The van der Waals surface area contributed by atoms with Gasteiger partial charge in [0, 0.05) is 11.1 Å². The maximum atomic E-state index is 5.79. The molecule has 3 aromatic rings. The lowest BCUT2D eigenvalue weighted by molar-refractivity contribution is 0.0631. The number of hydrogen-bond donors (Lipinski definition) is 1. The minimum absolute atomic E-state index is 0.0399. The summed E-state index contributed by atoms with van der Waals surface area (Å²) in [6, 6.07) is 16.6. The van der Waals surface area contributed by atoms with Gasteiger partial charge in [0.15, 0.2) is 5.82 Å². The number of nitrogens with one attached hydrogen (secondary N) is 1. The topological polar surface area (TPSA) is 63.7 Å². The molecule has 6 heteroatoms. The second-order valence-electron chi connectivity index (χ2n) is 5.51. The van der Waals surface area contributed by atoms with E-state index in [-0.39, 0.29) is 12.0 Å². The van der Waals surface area contributed by atoms with E-state index in [1.807, 2.05) is 32.0 Å². The summed E-state index contributed by atoms with van der Waals surface area (Å²) in [6.07, 6.45) is -0.0399. The molecule has 0 aliphatic heterocycles. The molecule has 24 heavy (non-hydrogen) atoms. The molecule has 1 aromatic heterocycles. The van der Waals surface area contributed by atoms with Crippen molar-refractivity contribution in [1.82, 2.24) is 20.6 Å². The summed E-state index contributed by atoms with van der Waals surface area (Å²) in [5.74, 6) is 0.585. The molecule has 0 aliphatic rings. The van der Waals surface area contributed by atoms with Gasteiger partial charge in [0.1, 0.15) is 0 Å². The molecule has 0 bridgehead atoms. The number of rotatable bonds is 6. The maximum absolute atomic E-state index is 5.79. The predicted molar refractivity (Wildman–Crippen MR) is 96.7 cm³/mol. The Morgan fingerprint density at radius 2 is 1.88 bits per heavy atom. The van der Waals surface area contributed by atoms with Crippen LogP contribution in [0.2, 0.25) is 0 Å². The van der Waals surface area contributed by atoms with Crippen molar-refractivity contribution in [2.24, 2.45) is 0 Å². The van der Waals surface area contributed by atoms with Crippen molar-refractivity contribution in [1.29, 1.82) is 0 Å². The largest absolute Gasteiger partial charge is 0.378 e. The van der Waals surface area contributed by atoms with Crippen molar-refractivity contribution in [2.45, 2.75) is 25.9 Å². The summed E-state index contributed by atoms with van der Waals surface area (Å²) in [4.78, 5) is 0. The highest BCUT2D eigenvalue weighted by Gasteiger charge is 2.25. The highest BCUT2D eigenvalue weighted by atomic mass is 79.9. The van der Waals surface area contributed by atoms with Crippen LogP contribution >= 0.6 is 15.9 Å². The number of tetrazole rings is 1. The van der Waals surface area contributed by atoms with Gasteiger partial charge in [0.05, 0.1) is 12.0 Å². The van der Waals surface area contributed by atoms with Crippen LogP contribution in [-0.4, -0.2) is 33.3 Å². The fraction of sp³-hybridized carbons (Fsp3) is 0.278. The van der Waals surface area contributed by atoms with Gasteiger partial charge in [-0.25, -0.2) is 0 Å². The number of halogens is 1. The second kappa shape index (κ2) is 7.68. The van der Waals surface area contributed by atoms with Crippen molar-refractivity contribution in [3.8, 4) is 11.1 Å². The van der Waals surface area contributed by atoms with Crippen LogP contribution in [0.5, 0.6) is 0 Å². The van der Waals surface area contributed by atoms with Crippen LogP contribution < -0.4 is 0 Å². The first-order valence-corrected chi connectivity index (χ1v) is 8.69. The van der Waals surface area contributed by atoms with E-state index in [4.69, 9.17) is 4.74 Å². The molecular weight excluding hydrogens is 368 g/mol. The van der Waals surface area contributed by atoms with Gasteiger partial charge in [0.25, 0.3) is 0 Å². The van der Waals surface area contributed by atoms with Crippen LogP contribution in [0.4, 0.5) is 0 Å². The highest BCUT2D eigenvalue weighted by molar-refractivity contribution is 9.10. The van der Waals surface area contributed by atoms with Crippen LogP contribution in [0.25, 0.3) is 11.1 Å². The van der Waals surface area contributed by atoms with E-state index in [9.17, 15) is 0 Å². The van der Waals surface area contributed by atoms with Gasteiger partial charge in [-0.15, -0.1) is 10.2 Å². The van der Waals surface area contributed by atoms with Crippen LogP contribution in [0.15, 0.2) is 53.0 Å². The molecule has 3 rings (SSSR count). The number of aromatic nitrogens is 4. The van der Waals surface area contributed by atoms with Crippen LogP contribution in [0.3, 0.4) is 0 Å². The minimum Gasteiger partial charge on any atom is -0.378 e. The molecule has 0 saturated heterocycles.